The summed E-state index contributed by atoms with van der Waals surface area (Å²) in [6, 6.07) is 10.4. The van der Waals surface area contributed by atoms with Crippen LogP contribution in [0, 0.1) is 0 Å². The number of halogens is 1. The fourth-order valence-electron chi connectivity index (χ4n) is 3.08. The summed E-state index contributed by atoms with van der Waals surface area (Å²) in [6.07, 6.45) is 1.15. The molecule has 1 aromatic carbocycles. The van der Waals surface area contributed by atoms with E-state index in [1.807, 2.05) is 12.1 Å². The van der Waals surface area contributed by atoms with Gasteiger partial charge in [0.25, 0.3) is 0 Å². The molecule has 2 aromatic rings. The Kier molecular flexibility index (Phi) is 5.69. The molecule has 1 aliphatic heterocycles. The van der Waals surface area contributed by atoms with Gasteiger partial charge in [-0.05, 0) is 42.7 Å². The first-order chi connectivity index (χ1) is 12.3. The Morgan fingerprint density at radius 1 is 1.19 bits per heavy atom. The number of rotatable bonds is 5. The van der Waals surface area contributed by atoms with Crippen LogP contribution in [0.5, 0.6) is 0 Å². The van der Waals surface area contributed by atoms with Gasteiger partial charge < -0.3 is 10.1 Å². The third kappa shape index (κ3) is 4.10. The number of primary sulfonamides is 1. The van der Waals surface area contributed by atoms with E-state index in [-0.39, 0.29) is 16.7 Å². The zero-order chi connectivity index (χ0) is 18.8. The molecule has 1 amide bonds. The predicted molar refractivity (Wildman–Crippen MR) is 101 cm³/mol. The number of hydrogen-bond donors (Lipinski definition) is 2. The zero-order valence-corrected chi connectivity index (χ0v) is 16.3. The van der Waals surface area contributed by atoms with Crippen molar-refractivity contribution in [2.45, 2.75) is 29.0 Å². The molecule has 0 radical (unpaired) electrons. The number of ether oxygens (including phenoxy) is 1. The smallest absolute Gasteiger partial charge is 0.247 e. The largest absolute Gasteiger partial charge is 0.381 e. The summed E-state index contributed by atoms with van der Waals surface area (Å²) < 4.78 is 28.3. The molecule has 0 spiro atoms. The van der Waals surface area contributed by atoms with Crippen molar-refractivity contribution in [1.82, 2.24) is 5.32 Å². The summed E-state index contributed by atoms with van der Waals surface area (Å²) in [5, 5.41) is 8.67. The Bertz CT molecular complexity index is 888. The number of thiophene rings is 1. The van der Waals surface area contributed by atoms with Crippen LogP contribution in [0.2, 0.25) is 5.02 Å². The summed E-state index contributed by atoms with van der Waals surface area (Å²) in [7, 11) is -3.72. The van der Waals surface area contributed by atoms with Crippen molar-refractivity contribution in [3.05, 3.63) is 51.9 Å². The summed E-state index contributed by atoms with van der Waals surface area (Å²) in [4.78, 5) is 13.8. The molecule has 1 aliphatic rings. The lowest BCUT2D eigenvalue weighted by molar-refractivity contribution is -0.130. The Morgan fingerprint density at radius 2 is 1.85 bits per heavy atom. The molecule has 1 saturated heterocycles. The van der Waals surface area contributed by atoms with Gasteiger partial charge in [0.15, 0.2) is 0 Å². The number of carbonyl (C=O) groups is 1. The minimum Gasteiger partial charge on any atom is -0.381 e. The van der Waals surface area contributed by atoms with Gasteiger partial charge in [-0.25, -0.2) is 13.6 Å². The van der Waals surface area contributed by atoms with Gasteiger partial charge in [0.1, 0.15) is 4.21 Å². The number of nitrogens with one attached hydrogen (secondary N) is 1. The molecule has 140 valence electrons. The Hall–Kier alpha value is -1.45. The number of hydrogen-bond acceptors (Lipinski definition) is 5. The lowest BCUT2D eigenvalue weighted by Crippen LogP contribution is -2.47. The summed E-state index contributed by atoms with van der Waals surface area (Å²) in [5.41, 5.74) is 0.224. The van der Waals surface area contributed by atoms with Crippen LogP contribution in [0.25, 0.3) is 0 Å². The molecule has 0 atom stereocenters. The maximum atomic E-state index is 13.0. The second-order valence-electron chi connectivity index (χ2n) is 6.15. The minimum absolute atomic E-state index is 0.0835. The third-order valence-electron chi connectivity index (χ3n) is 4.52. The van der Waals surface area contributed by atoms with Gasteiger partial charge in [-0.15, -0.1) is 11.3 Å². The molecule has 3 rings (SSSR count). The lowest BCUT2D eigenvalue weighted by Gasteiger charge is -2.36. The second-order valence-corrected chi connectivity index (χ2v) is 9.54. The van der Waals surface area contributed by atoms with Gasteiger partial charge in [0.05, 0.1) is 12.0 Å². The molecule has 1 fully saturated rings. The van der Waals surface area contributed by atoms with Crippen molar-refractivity contribution < 1.29 is 17.9 Å². The molecule has 0 bridgehead atoms. The van der Waals surface area contributed by atoms with E-state index >= 15 is 0 Å². The van der Waals surface area contributed by atoms with E-state index in [0.717, 1.165) is 21.8 Å². The highest BCUT2D eigenvalue weighted by molar-refractivity contribution is 7.91. The third-order valence-corrected chi connectivity index (χ3v) is 7.29. The van der Waals surface area contributed by atoms with E-state index in [1.165, 1.54) is 6.07 Å². The van der Waals surface area contributed by atoms with E-state index in [9.17, 15) is 13.2 Å². The Morgan fingerprint density at radius 3 is 2.42 bits per heavy atom. The van der Waals surface area contributed by atoms with Crippen LogP contribution >= 0.6 is 22.9 Å². The minimum atomic E-state index is -3.72. The molecule has 0 saturated carbocycles. The zero-order valence-electron chi connectivity index (χ0n) is 13.9. The molecule has 1 aromatic heterocycles. The summed E-state index contributed by atoms with van der Waals surface area (Å²) in [5.74, 6) is -0.103. The van der Waals surface area contributed by atoms with Crippen molar-refractivity contribution in [2.75, 3.05) is 13.2 Å². The van der Waals surface area contributed by atoms with Gasteiger partial charge in [-0.1, -0.05) is 23.7 Å². The Labute approximate surface area is 161 Å². The first-order valence-corrected chi connectivity index (χ1v) is 10.8. The highest BCUT2D eigenvalue weighted by atomic mass is 35.5. The first kappa shape index (κ1) is 19.3. The van der Waals surface area contributed by atoms with E-state index in [2.05, 4.69) is 5.32 Å². The number of nitrogens with two attached hydrogens (primary N) is 1. The topological polar surface area (TPSA) is 98.5 Å². The normalized spacial score (nSPS) is 17.0. The van der Waals surface area contributed by atoms with Gasteiger partial charge >= 0.3 is 0 Å². The summed E-state index contributed by atoms with van der Waals surface area (Å²) in [6.45, 7) is 1.25. The predicted octanol–water partition coefficient (Wildman–Crippen LogP) is 2.41. The van der Waals surface area contributed by atoms with E-state index in [1.54, 1.807) is 18.2 Å². The molecule has 26 heavy (non-hydrogen) atoms. The van der Waals surface area contributed by atoms with Gasteiger partial charge in [0.2, 0.25) is 15.9 Å². The van der Waals surface area contributed by atoms with Crippen molar-refractivity contribution in [3.63, 3.8) is 0 Å². The van der Waals surface area contributed by atoms with Gasteiger partial charge in [-0.2, -0.15) is 0 Å². The molecular weight excluding hydrogens is 396 g/mol. The van der Waals surface area contributed by atoms with E-state index in [0.29, 0.717) is 31.1 Å². The molecular formula is C17H19ClN2O4S2. The molecule has 3 N–H and O–H groups in total. The number of sulfonamides is 1. The first-order valence-electron chi connectivity index (χ1n) is 8.05. The van der Waals surface area contributed by atoms with Crippen LogP contribution in [-0.4, -0.2) is 27.5 Å². The maximum absolute atomic E-state index is 13.0. The SMILES string of the molecule is NS(=O)(=O)c1ccc(CNC(=O)C2(c3ccc(Cl)cc3)CCOCC2)s1. The van der Waals surface area contributed by atoms with Crippen LogP contribution in [-0.2, 0) is 31.5 Å². The van der Waals surface area contributed by atoms with Crippen LogP contribution in [0.15, 0.2) is 40.6 Å². The molecule has 6 nitrogen and oxygen atoms in total. The number of benzene rings is 1. The maximum Gasteiger partial charge on any atom is 0.247 e. The average Bonchev–Trinajstić information content (AvgIpc) is 3.10. The van der Waals surface area contributed by atoms with Gasteiger partial charge in [0, 0.05) is 23.1 Å². The number of carbonyl (C=O) groups excluding carboxylic acids is 1. The molecule has 0 aliphatic carbocycles. The van der Waals surface area contributed by atoms with Crippen LogP contribution < -0.4 is 10.5 Å². The van der Waals surface area contributed by atoms with E-state index in [4.69, 9.17) is 21.5 Å². The van der Waals surface area contributed by atoms with Crippen molar-refractivity contribution in [1.29, 1.82) is 0 Å². The van der Waals surface area contributed by atoms with Crippen molar-refractivity contribution in [3.8, 4) is 0 Å². The highest BCUT2D eigenvalue weighted by Gasteiger charge is 2.41. The lowest BCUT2D eigenvalue weighted by atomic mass is 9.73. The van der Waals surface area contributed by atoms with Crippen LogP contribution in [0.1, 0.15) is 23.3 Å². The van der Waals surface area contributed by atoms with E-state index < -0.39 is 15.4 Å². The monoisotopic (exact) mass is 414 g/mol. The molecule has 2 heterocycles. The average molecular weight is 415 g/mol. The van der Waals surface area contributed by atoms with Crippen LogP contribution in [0.4, 0.5) is 0 Å². The Balaban J connectivity index is 1.78. The fourth-order valence-corrected chi connectivity index (χ4v) is 4.92. The van der Waals surface area contributed by atoms with Gasteiger partial charge in [-0.3, -0.25) is 4.79 Å². The molecule has 0 unspecified atom stereocenters. The highest BCUT2D eigenvalue weighted by Crippen LogP contribution is 2.36. The quantitative estimate of drug-likeness (QED) is 0.784. The van der Waals surface area contributed by atoms with Crippen LogP contribution in [0.3, 0.4) is 0 Å². The summed E-state index contributed by atoms with van der Waals surface area (Å²) >= 11 is 7.03. The molecule has 9 heteroatoms. The van der Waals surface area contributed by atoms with Crippen molar-refractivity contribution in [2.24, 2.45) is 5.14 Å². The second kappa shape index (κ2) is 7.66. The standard InChI is InChI=1S/C17H19ClN2O4S2/c18-13-3-1-12(2-4-13)17(7-9-24-10-8-17)16(21)20-11-14-5-6-15(25-14)26(19,22)23/h1-6H,7-11H2,(H,20,21)(H2,19,22,23). The fraction of sp³-hybridized carbons (Fsp3) is 0.353. The number of amides is 1. The van der Waals surface area contributed by atoms with Crippen molar-refractivity contribution >= 4 is 38.9 Å².